The minimum atomic E-state index is 0.0984. The first-order valence-corrected chi connectivity index (χ1v) is 12.8. The molecule has 1 aromatic heterocycles. The van der Waals surface area contributed by atoms with Crippen LogP contribution in [-0.2, 0) is 30.6 Å². The number of benzene rings is 3. The second-order valence-corrected chi connectivity index (χ2v) is 8.91. The first-order valence-electron chi connectivity index (χ1n) is 12.8. The van der Waals surface area contributed by atoms with Gasteiger partial charge in [0.2, 0.25) is 5.91 Å². The summed E-state index contributed by atoms with van der Waals surface area (Å²) in [6, 6.07) is 26.5. The second-order valence-electron chi connectivity index (χ2n) is 8.91. The van der Waals surface area contributed by atoms with Gasteiger partial charge in [-0.2, -0.15) is 0 Å². The van der Waals surface area contributed by atoms with E-state index in [9.17, 15) is 4.79 Å². The lowest BCUT2D eigenvalue weighted by atomic mass is 10.1. The van der Waals surface area contributed by atoms with E-state index >= 15 is 0 Å². The van der Waals surface area contributed by atoms with E-state index in [4.69, 9.17) is 9.72 Å². The zero-order chi connectivity index (χ0) is 25.0. The first-order chi connectivity index (χ1) is 17.7. The molecule has 0 unspecified atom stereocenters. The monoisotopic (exact) mass is 481 g/mol. The largest absolute Gasteiger partial charge is 0.493 e. The first kappa shape index (κ1) is 25.2. The Bertz CT molecular complexity index is 1260. The summed E-state index contributed by atoms with van der Waals surface area (Å²) in [6.07, 6.45) is 6.53. The van der Waals surface area contributed by atoms with Crippen LogP contribution in [-0.4, -0.2) is 28.6 Å². The highest BCUT2D eigenvalue weighted by molar-refractivity contribution is 5.76. The molecule has 1 heterocycles. The van der Waals surface area contributed by atoms with Crippen LogP contribution in [0.2, 0.25) is 0 Å². The van der Waals surface area contributed by atoms with Gasteiger partial charge in [-0.3, -0.25) is 4.79 Å². The van der Waals surface area contributed by atoms with E-state index in [-0.39, 0.29) is 5.91 Å². The highest BCUT2D eigenvalue weighted by atomic mass is 16.5. The van der Waals surface area contributed by atoms with Gasteiger partial charge in [-0.15, -0.1) is 6.58 Å². The molecule has 0 radical (unpaired) electrons. The SMILES string of the molecule is C=CCc1ccccc1OCCCn1c(CCCNC(=O)CCc2ccccc2)nc2ccccc21. The third-order valence-corrected chi connectivity index (χ3v) is 6.24. The van der Waals surface area contributed by atoms with Gasteiger partial charge in [0.05, 0.1) is 17.6 Å². The zero-order valence-electron chi connectivity index (χ0n) is 20.9. The zero-order valence-corrected chi connectivity index (χ0v) is 20.9. The molecule has 186 valence electrons. The predicted octanol–water partition coefficient (Wildman–Crippen LogP) is 5.92. The number of hydrogen-bond acceptors (Lipinski definition) is 3. The summed E-state index contributed by atoms with van der Waals surface area (Å²) < 4.78 is 8.39. The molecule has 36 heavy (non-hydrogen) atoms. The van der Waals surface area contributed by atoms with Crippen LogP contribution in [0.3, 0.4) is 0 Å². The van der Waals surface area contributed by atoms with Gasteiger partial charge < -0.3 is 14.6 Å². The number of imidazole rings is 1. The molecule has 3 aromatic carbocycles. The lowest BCUT2D eigenvalue weighted by molar-refractivity contribution is -0.121. The number of aryl methyl sites for hydroxylation is 3. The molecule has 4 rings (SSSR count). The van der Waals surface area contributed by atoms with Gasteiger partial charge in [-0.05, 0) is 55.0 Å². The number of nitrogens with zero attached hydrogens (tertiary/aromatic N) is 2. The van der Waals surface area contributed by atoms with E-state index < -0.39 is 0 Å². The number of allylic oxidation sites excluding steroid dienone is 1. The minimum absolute atomic E-state index is 0.0984. The molecular formula is C31H35N3O2. The molecule has 0 atom stereocenters. The Hall–Kier alpha value is -3.86. The average Bonchev–Trinajstić information content (AvgIpc) is 3.27. The van der Waals surface area contributed by atoms with E-state index in [0.717, 1.165) is 66.8 Å². The second kappa shape index (κ2) is 13.3. The summed E-state index contributed by atoms with van der Waals surface area (Å²) in [5, 5.41) is 3.06. The number of para-hydroxylation sites is 3. The van der Waals surface area contributed by atoms with E-state index in [2.05, 4.69) is 52.9 Å². The smallest absolute Gasteiger partial charge is 0.220 e. The van der Waals surface area contributed by atoms with Gasteiger partial charge in [0, 0.05) is 25.9 Å². The lowest BCUT2D eigenvalue weighted by Crippen LogP contribution is -2.25. The van der Waals surface area contributed by atoms with Crippen molar-refractivity contribution >= 4 is 16.9 Å². The van der Waals surface area contributed by atoms with Crippen molar-refractivity contribution in [3.8, 4) is 5.75 Å². The Morgan fingerprint density at radius 2 is 1.72 bits per heavy atom. The summed E-state index contributed by atoms with van der Waals surface area (Å²) in [6.45, 7) is 5.96. The van der Waals surface area contributed by atoms with Crippen LogP contribution >= 0.6 is 0 Å². The maximum atomic E-state index is 12.2. The highest BCUT2D eigenvalue weighted by Crippen LogP contribution is 2.20. The number of hydrogen-bond donors (Lipinski definition) is 1. The van der Waals surface area contributed by atoms with Crippen LogP contribution in [0.1, 0.15) is 36.2 Å². The Morgan fingerprint density at radius 3 is 2.58 bits per heavy atom. The minimum Gasteiger partial charge on any atom is -0.493 e. The fourth-order valence-electron chi connectivity index (χ4n) is 4.40. The molecule has 0 spiro atoms. The highest BCUT2D eigenvalue weighted by Gasteiger charge is 2.11. The van der Waals surface area contributed by atoms with E-state index in [1.54, 1.807) is 0 Å². The lowest BCUT2D eigenvalue weighted by Gasteiger charge is -2.12. The van der Waals surface area contributed by atoms with Gasteiger partial charge >= 0.3 is 0 Å². The third kappa shape index (κ3) is 7.08. The number of amides is 1. The van der Waals surface area contributed by atoms with Crippen LogP contribution in [0.4, 0.5) is 0 Å². The number of aromatic nitrogens is 2. The molecule has 0 fully saturated rings. The molecule has 0 aliphatic heterocycles. The topological polar surface area (TPSA) is 56.1 Å². The number of rotatable bonds is 14. The molecule has 1 N–H and O–H groups in total. The quantitative estimate of drug-likeness (QED) is 0.180. The van der Waals surface area contributed by atoms with Gasteiger partial charge in [0.15, 0.2) is 0 Å². The van der Waals surface area contributed by atoms with E-state index in [0.29, 0.717) is 19.6 Å². The summed E-state index contributed by atoms with van der Waals surface area (Å²) in [7, 11) is 0. The number of nitrogens with one attached hydrogen (secondary N) is 1. The van der Waals surface area contributed by atoms with Crippen molar-refractivity contribution < 1.29 is 9.53 Å². The van der Waals surface area contributed by atoms with Crippen molar-refractivity contribution in [2.75, 3.05) is 13.2 Å². The van der Waals surface area contributed by atoms with Gasteiger partial charge in [-0.1, -0.05) is 66.7 Å². The fourth-order valence-corrected chi connectivity index (χ4v) is 4.40. The van der Waals surface area contributed by atoms with Crippen LogP contribution in [0.5, 0.6) is 5.75 Å². The number of fused-ring (bicyclic) bond motifs is 1. The average molecular weight is 482 g/mol. The van der Waals surface area contributed by atoms with Crippen molar-refractivity contribution in [2.24, 2.45) is 0 Å². The number of carbonyl (C=O) groups excluding carboxylic acids is 1. The fraction of sp³-hybridized carbons (Fsp3) is 0.290. The summed E-state index contributed by atoms with van der Waals surface area (Å²) >= 11 is 0. The summed E-state index contributed by atoms with van der Waals surface area (Å²) in [5.41, 5.74) is 4.50. The van der Waals surface area contributed by atoms with Crippen LogP contribution in [0, 0.1) is 0 Å². The molecule has 5 heteroatoms. The molecular weight excluding hydrogens is 446 g/mol. The van der Waals surface area contributed by atoms with Gasteiger partial charge in [0.25, 0.3) is 0 Å². The molecule has 4 aromatic rings. The van der Waals surface area contributed by atoms with Crippen molar-refractivity contribution in [3.63, 3.8) is 0 Å². The molecule has 0 aliphatic rings. The van der Waals surface area contributed by atoms with Crippen molar-refractivity contribution in [1.82, 2.24) is 14.9 Å². The van der Waals surface area contributed by atoms with Crippen LogP contribution in [0.25, 0.3) is 11.0 Å². The van der Waals surface area contributed by atoms with Gasteiger partial charge in [-0.25, -0.2) is 4.98 Å². The molecule has 0 saturated heterocycles. The van der Waals surface area contributed by atoms with Crippen molar-refractivity contribution in [3.05, 3.63) is 108 Å². The number of ether oxygens (including phenoxy) is 1. The molecule has 5 nitrogen and oxygen atoms in total. The van der Waals surface area contributed by atoms with Crippen LogP contribution < -0.4 is 10.1 Å². The van der Waals surface area contributed by atoms with E-state index in [1.165, 1.54) is 5.56 Å². The van der Waals surface area contributed by atoms with E-state index in [1.807, 2.05) is 48.5 Å². The Balaban J connectivity index is 1.27. The normalized spacial score (nSPS) is 10.9. The van der Waals surface area contributed by atoms with Gasteiger partial charge in [0.1, 0.15) is 11.6 Å². The molecule has 0 saturated carbocycles. The molecule has 1 amide bonds. The Morgan fingerprint density at radius 1 is 0.944 bits per heavy atom. The number of carbonyl (C=O) groups is 1. The maximum Gasteiger partial charge on any atom is 0.220 e. The maximum absolute atomic E-state index is 12.2. The summed E-state index contributed by atoms with van der Waals surface area (Å²) in [5.74, 6) is 2.08. The van der Waals surface area contributed by atoms with Crippen molar-refractivity contribution in [1.29, 1.82) is 0 Å². The standard InChI is InChI=1S/C31H35N3O2/c1-2-12-26-15-6-9-18-29(26)36-24-11-23-34-28-17-8-7-16-27(28)33-30(34)19-10-22-32-31(35)21-20-25-13-4-3-5-14-25/h2-9,13-18H,1,10-12,19-24H2,(H,32,35). The Labute approximate surface area is 213 Å². The third-order valence-electron chi connectivity index (χ3n) is 6.24. The molecule has 0 aliphatic carbocycles. The van der Waals surface area contributed by atoms with Crippen LogP contribution in [0.15, 0.2) is 91.5 Å². The predicted molar refractivity (Wildman–Crippen MR) is 146 cm³/mol. The Kier molecular flexibility index (Phi) is 9.32. The molecule has 0 bridgehead atoms. The summed E-state index contributed by atoms with van der Waals surface area (Å²) in [4.78, 5) is 17.1. The van der Waals surface area contributed by atoms with Crippen molar-refractivity contribution in [2.45, 2.75) is 45.1 Å².